The van der Waals surface area contributed by atoms with Crippen LogP contribution in [0.5, 0.6) is 0 Å². The number of nitriles is 1. The summed E-state index contributed by atoms with van der Waals surface area (Å²) >= 11 is 0. The highest BCUT2D eigenvalue weighted by Crippen LogP contribution is 2.39. The van der Waals surface area contributed by atoms with Gasteiger partial charge in [-0.05, 0) is 51.0 Å². The number of rotatable bonds is 2. The van der Waals surface area contributed by atoms with E-state index in [4.69, 9.17) is 5.26 Å². The van der Waals surface area contributed by atoms with E-state index in [0.717, 1.165) is 18.5 Å². The zero-order chi connectivity index (χ0) is 13.3. The molecule has 0 fully saturated rings. The van der Waals surface area contributed by atoms with Crippen molar-refractivity contribution < 1.29 is 0 Å². The van der Waals surface area contributed by atoms with E-state index in [1.54, 1.807) is 0 Å². The maximum Gasteiger partial charge on any atom is 0.0991 e. The Kier molecular flexibility index (Phi) is 3.17. The van der Waals surface area contributed by atoms with E-state index in [0.29, 0.717) is 0 Å². The summed E-state index contributed by atoms with van der Waals surface area (Å²) in [6.07, 6.45) is 3.42. The van der Waals surface area contributed by atoms with Crippen molar-refractivity contribution >= 4 is 11.3 Å². The van der Waals surface area contributed by atoms with Crippen LogP contribution >= 0.6 is 0 Å². The molecule has 18 heavy (non-hydrogen) atoms. The second-order valence-electron chi connectivity index (χ2n) is 5.48. The largest absolute Gasteiger partial charge is 0.362 e. The lowest BCUT2D eigenvalue weighted by atomic mass is 9.88. The molecule has 1 heterocycles. The molecule has 0 unspecified atom stereocenters. The molecule has 0 aromatic heterocycles. The number of hydrogen-bond acceptors (Lipinski definition) is 2. The quantitative estimate of drug-likeness (QED) is 0.782. The van der Waals surface area contributed by atoms with Crippen LogP contribution in [0.25, 0.3) is 5.57 Å². The lowest BCUT2D eigenvalue weighted by molar-refractivity contribution is 0.550. The Labute approximate surface area is 110 Å². The van der Waals surface area contributed by atoms with Gasteiger partial charge in [-0.15, -0.1) is 0 Å². The molecule has 0 amide bonds. The minimum atomic E-state index is 0.0429. The molecule has 1 aliphatic heterocycles. The van der Waals surface area contributed by atoms with Crippen LogP contribution in [-0.4, -0.2) is 12.1 Å². The van der Waals surface area contributed by atoms with E-state index in [1.165, 1.54) is 16.8 Å². The Morgan fingerprint density at radius 1 is 1.33 bits per heavy atom. The van der Waals surface area contributed by atoms with E-state index < -0.39 is 0 Å². The Hall–Kier alpha value is -1.75. The molecule has 2 rings (SSSR count). The van der Waals surface area contributed by atoms with Crippen LogP contribution in [0.3, 0.4) is 0 Å². The van der Waals surface area contributed by atoms with Crippen molar-refractivity contribution in [2.75, 3.05) is 11.4 Å². The topological polar surface area (TPSA) is 27.0 Å². The average Bonchev–Trinajstić information content (AvgIpc) is 2.33. The van der Waals surface area contributed by atoms with Crippen LogP contribution in [0.1, 0.15) is 45.2 Å². The highest BCUT2D eigenvalue weighted by Gasteiger charge is 2.30. The van der Waals surface area contributed by atoms with Gasteiger partial charge in [-0.2, -0.15) is 5.26 Å². The van der Waals surface area contributed by atoms with E-state index in [2.05, 4.69) is 50.8 Å². The molecule has 94 valence electrons. The Balaban J connectivity index is 2.58. The number of allylic oxidation sites excluding steroid dienone is 1. The standard InChI is InChI=1S/C16H20N2/c1-5-8-18-15-7-6-13(11-17)9-14(15)12(2)10-16(18,3)4/h6-7,9-10H,5,8H2,1-4H3. The van der Waals surface area contributed by atoms with Gasteiger partial charge in [-0.25, -0.2) is 0 Å². The predicted molar refractivity (Wildman–Crippen MR) is 76.5 cm³/mol. The van der Waals surface area contributed by atoms with Gasteiger partial charge in [0.05, 0.1) is 17.2 Å². The summed E-state index contributed by atoms with van der Waals surface area (Å²) in [4.78, 5) is 2.43. The third kappa shape index (κ3) is 2.01. The zero-order valence-corrected chi connectivity index (χ0v) is 11.6. The Morgan fingerprint density at radius 3 is 2.67 bits per heavy atom. The molecule has 1 aliphatic rings. The molecule has 0 aliphatic carbocycles. The molecule has 1 aromatic carbocycles. The van der Waals surface area contributed by atoms with Gasteiger partial charge >= 0.3 is 0 Å². The van der Waals surface area contributed by atoms with Crippen molar-refractivity contribution in [1.82, 2.24) is 0 Å². The highest BCUT2D eigenvalue weighted by atomic mass is 15.2. The first-order chi connectivity index (χ1) is 8.49. The van der Waals surface area contributed by atoms with Gasteiger partial charge in [0.25, 0.3) is 0 Å². The monoisotopic (exact) mass is 240 g/mol. The van der Waals surface area contributed by atoms with Gasteiger partial charge in [0.2, 0.25) is 0 Å². The van der Waals surface area contributed by atoms with Crippen LogP contribution in [0.15, 0.2) is 24.3 Å². The van der Waals surface area contributed by atoms with Crippen LogP contribution in [0, 0.1) is 11.3 Å². The first-order valence-corrected chi connectivity index (χ1v) is 6.51. The van der Waals surface area contributed by atoms with E-state index in [1.807, 2.05) is 12.1 Å². The summed E-state index contributed by atoms with van der Waals surface area (Å²) < 4.78 is 0. The van der Waals surface area contributed by atoms with E-state index in [-0.39, 0.29) is 5.54 Å². The fraction of sp³-hybridized carbons (Fsp3) is 0.438. The van der Waals surface area contributed by atoms with Crippen molar-refractivity contribution in [1.29, 1.82) is 5.26 Å². The highest BCUT2D eigenvalue weighted by molar-refractivity contribution is 5.81. The molecule has 2 heteroatoms. The summed E-state index contributed by atoms with van der Waals surface area (Å²) in [6.45, 7) is 9.85. The van der Waals surface area contributed by atoms with Crippen LogP contribution in [0.4, 0.5) is 5.69 Å². The third-order valence-electron chi connectivity index (χ3n) is 3.55. The molecule has 0 spiro atoms. The van der Waals surface area contributed by atoms with Crippen LogP contribution in [-0.2, 0) is 0 Å². The number of fused-ring (bicyclic) bond motifs is 1. The first-order valence-electron chi connectivity index (χ1n) is 6.51. The van der Waals surface area contributed by atoms with Gasteiger partial charge in [-0.3, -0.25) is 0 Å². The fourth-order valence-corrected chi connectivity index (χ4v) is 2.78. The maximum atomic E-state index is 9.01. The molecule has 0 radical (unpaired) electrons. The van der Waals surface area contributed by atoms with Crippen molar-refractivity contribution in [2.45, 2.75) is 39.7 Å². The van der Waals surface area contributed by atoms with Crippen LogP contribution < -0.4 is 4.90 Å². The first kappa shape index (κ1) is 12.7. The van der Waals surface area contributed by atoms with Gasteiger partial charge in [0.1, 0.15) is 0 Å². The maximum absolute atomic E-state index is 9.01. The Morgan fingerprint density at radius 2 is 2.06 bits per heavy atom. The molecular weight excluding hydrogens is 220 g/mol. The smallest absolute Gasteiger partial charge is 0.0991 e. The van der Waals surface area contributed by atoms with Crippen LogP contribution in [0.2, 0.25) is 0 Å². The molecule has 0 atom stereocenters. The normalized spacial score (nSPS) is 16.8. The fourth-order valence-electron chi connectivity index (χ4n) is 2.78. The summed E-state index contributed by atoms with van der Waals surface area (Å²) in [6, 6.07) is 8.22. The zero-order valence-electron chi connectivity index (χ0n) is 11.6. The summed E-state index contributed by atoms with van der Waals surface area (Å²) in [7, 11) is 0. The Bertz CT molecular complexity index is 533. The summed E-state index contributed by atoms with van der Waals surface area (Å²) in [5.41, 5.74) is 4.49. The van der Waals surface area contributed by atoms with E-state index in [9.17, 15) is 0 Å². The van der Waals surface area contributed by atoms with Crippen molar-refractivity contribution in [2.24, 2.45) is 0 Å². The van der Waals surface area contributed by atoms with Gasteiger partial charge in [0.15, 0.2) is 0 Å². The summed E-state index contributed by atoms with van der Waals surface area (Å²) in [5.74, 6) is 0. The molecule has 0 bridgehead atoms. The molecular formula is C16H20N2. The van der Waals surface area contributed by atoms with Crippen molar-refractivity contribution in [3.8, 4) is 6.07 Å². The number of nitrogens with zero attached hydrogens (tertiary/aromatic N) is 2. The minimum absolute atomic E-state index is 0.0429. The molecule has 0 saturated carbocycles. The number of benzene rings is 1. The van der Waals surface area contributed by atoms with Gasteiger partial charge in [-0.1, -0.05) is 13.0 Å². The van der Waals surface area contributed by atoms with Gasteiger partial charge in [0, 0.05) is 17.8 Å². The molecule has 2 nitrogen and oxygen atoms in total. The number of anilines is 1. The average molecular weight is 240 g/mol. The second kappa shape index (κ2) is 4.49. The van der Waals surface area contributed by atoms with E-state index >= 15 is 0 Å². The van der Waals surface area contributed by atoms with Crippen molar-refractivity contribution in [3.63, 3.8) is 0 Å². The SMILES string of the molecule is CCCN1c2ccc(C#N)cc2C(C)=CC1(C)C. The molecule has 0 saturated heterocycles. The second-order valence-corrected chi connectivity index (χ2v) is 5.48. The number of hydrogen-bond donors (Lipinski definition) is 0. The van der Waals surface area contributed by atoms with Crippen molar-refractivity contribution in [3.05, 3.63) is 35.4 Å². The molecule has 1 aromatic rings. The lowest BCUT2D eigenvalue weighted by Crippen LogP contribution is -2.45. The lowest BCUT2D eigenvalue weighted by Gasteiger charge is -2.43. The van der Waals surface area contributed by atoms with Gasteiger partial charge < -0.3 is 4.90 Å². The predicted octanol–water partition coefficient (Wildman–Crippen LogP) is 3.97. The minimum Gasteiger partial charge on any atom is -0.362 e. The molecule has 0 N–H and O–H groups in total. The summed E-state index contributed by atoms with van der Waals surface area (Å²) in [5, 5.41) is 9.01. The third-order valence-corrected chi connectivity index (χ3v) is 3.55.